The average Bonchev–Trinajstić information content (AvgIpc) is 2.67. The van der Waals surface area contributed by atoms with Gasteiger partial charge < -0.3 is 9.47 Å². The fourth-order valence-electron chi connectivity index (χ4n) is 2.44. The molecule has 0 aliphatic heterocycles. The predicted molar refractivity (Wildman–Crippen MR) is 108 cm³/mol. The third-order valence-electron chi connectivity index (χ3n) is 3.83. The average molecular weight is 442 g/mol. The topological polar surface area (TPSA) is 73.3 Å². The molecular formula is C19H15Cl3N2O4. The summed E-state index contributed by atoms with van der Waals surface area (Å²) >= 11 is 18.1. The highest BCUT2D eigenvalue weighted by molar-refractivity contribution is 6.35. The minimum atomic E-state index is -0.702. The molecular weight excluding hydrogens is 427 g/mol. The van der Waals surface area contributed by atoms with E-state index in [4.69, 9.17) is 44.3 Å². The van der Waals surface area contributed by atoms with Crippen LogP contribution in [0.4, 0.5) is 0 Å². The van der Waals surface area contributed by atoms with Crippen molar-refractivity contribution in [3.05, 3.63) is 95.7 Å². The van der Waals surface area contributed by atoms with E-state index in [0.717, 1.165) is 5.56 Å². The molecule has 0 amide bonds. The second-order valence-electron chi connectivity index (χ2n) is 5.77. The molecule has 0 atom stereocenters. The number of hydrogen-bond donors (Lipinski definition) is 1. The second kappa shape index (κ2) is 9.30. The summed E-state index contributed by atoms with van der Waals surface area (Å²) in [7, 11) is 0. The Morgan fingerprint density at radius 2 is 1.71 bits per heavy atom. The lowest BCUT2D eigenvalue weighted by atomic mass is 10.2. The van der Waals surface area contributed by atoms with Crippen LogP contribution >= 0.6 is 34.8 Å². The van der Waals surface area contributed by atoms with Crippen LogP contribution in [0.15, 0.2) is 58.1 Å². The van der Waals surface area contributed by atoms with Gasteiger partial charge in [0.05, 0.1) is 17.3 Å². The van der Waals surface area contributed by atoms with Crippen LogP contribution in [0.3, 0.4) is 0 Å². The number of hydrogen-bond acceptors (Lipinski definition) is 4. The molecule has 0 spiro atoms. The number of aromatic nitrogens is 2. The largest absolute Gasteiger partial charge is 0.486 e. The van der Waals surface area contributed by atoms with E-state index in [1.54, 1.807) is 12.1 Å². The van der Waals surface area contributed by atoms with Crippen LogP contribution in [0.5, 0.6) is 5.75 Å². The van der Waals surface area contributed by atoms with Gasteiger partial charge in [0.1, 0.15) is 24.1 Å². The second-order valence-corrected chi connectivity index (χ2v) is 7.00. The van der Waals surface area contributed by atoms with Crippen molar-refractivity contribution in [3.8, 4) is 5.75 Å². The van der Waals surface area contributed by atoms with E-state index in [2.05, 4.69) is 4.98 Å². The maximum Gasteiger partial charge on any atom is 0.330 e. The van der Waals surface area contributed by atoms with Crippen molar-refractivity contribution in [2.45, 2.75) is 19.9 Å². The van der Waals surface area contributed by atoms with Gasteiger partial charge in [-0.05, 0) is 23.8 Å². The molecule has 0 aliphatic rings. The number of aromatic amines is 1. The van der Waals surface area contributed by atoms with Crippen LogP contribution in [0.1, 0.15) is 11.3 Å². The lowest BCUT2D eigenvalue weighted by molar-refractivity contribution is 0.0568. The summed E-state index contributed by atoms with van der Waals surface area (Å²) in [5.74, 6) is 0.339. The van der Waals surface area contributed by atoms with E-state index < -0.39 is 11.2 Å². The number of rotatable bonds is 7. The summed E-state index contributed by atoms with van der Waals surface area (Å²) in [5.41, 5.74) is -0.235. The molecule has 9 heteroatoms. The normalized spacial score (nSPS) is 10.8. The number of H-pyrrole nitrogens is 1. The van der Waals surface area contributed by atoms with Gasteiger partial charge in [-0.25, -0.2) is 4.79 Å². The minimum absolute atomic E-state index is 0.114. The van der Waals surface area contributed by atoms with Gasteiger partial charge in [-0.15, -0.1) is 0 Å². The van der Waals surface area contributed by atoms with E-state index >= 15 is 0 Å². The van der Waals surface area contributed by atoms with Gasteiger partial charge >= 0.3 is 5.69 Å². The van der Waals surface area contributed by atoms with Crippen molar-refractivity contribution >= 4 is 34.8 Å². The molecule has 1 N–H and O–H groups in total. The van der Waals surface area contributed by atoms with Crippen molar-refractivity contribution in [2.24, 2.45) is 0 Å². The summed E-state index contributed by atoms with van der Waals surface area (Å²) in [6.07, 6.45) is 0. The standard InChI is InChI=1S/C19H15Cl3N2O4/c20-13-6-7-16(14(21)8-13)28-10-15-17(22)18(25)23-19(26)24(15)11-27-9-12-4-2-1-3-5-12/h1-8H,9-11H2,(H,23,25,26). The third kappa shape index (κ3) is 4.97. The molecule has 3 aromatic rings. The Morgan fingerprint density at radius 3 is 2.43 bits per heavy atom. The molecule has 3 rings (SSSR count). The Hall–Kier alpha value is -2.25. The van der Waals surface area contributed by atoms with Gasteiger partial charge in [-0.1, -0.05) is 65.1 Å². The van der Waals surface area contributed by atoms with E-state index in [9.17, 15) is 9.59 Å². The Balaban J connectivity index is 1.80. The molecule has 6 nitrogen and oxygen atoms in total. The molecule has 0 unspecified atom stereocenters. The van der Waals surface area contributed by atoms with Crippen molar-refractivity contribution < 1.29 is 9.47 Å². The Bertz CT molecular complexity index is 1080. The summed E-state index contributed by atoms with van der Waals surface area (Å²) in [4.78, 5) is 26.3. The summed E-state index contributed by atoms with van der Waals surface area (Å²) < 4.78 is 12.4. The number of ether oxygens (including phenoxy) is 2. The molecule has 146 valence electrons. The fourth-order valence-corrected chi connectivity index (χ4v) is 3.10. The summed E-state index contributed by atoms with van der Waals surface area (Å²) in [6, 6.07) is 14.2. The zero-order chi connectivity index (χ0) is 20.1. The van der Waals surface area contributed by atoms with E-state index in [1.807, 2.05) is 30.3 Å². The first-order valence-electron chi connectivity index (χ1n) is 8.16. The molecule has 0 saturated heterocycles. The van der Waals surface area contributed by atoms with Crippen molar-refractivity contribution in [1.29, 1.82) is 0 Å². The summed E-state index contributed by atoms with van der Waals surface area (Å²) in [5, 5.41) is 0.591. The van der Waals surface area contributed by atoms with Crippen LogP contribution in [-0.4, -0.2) is 9.55 Å². The van der Waals surface area contributed by atoms with Crippen molar-refractivity contribution in [1.82, 2.24) is 9.55 Å². The molecule has 1 heterocycles. The van der Waals surface area contributed by atoms with Crippen LogP contribution < -0.4 is 16.0 Å². The molecule has 0 fully saturated rings. The Labute approximate surface area is 175 Å². The van der Waals surface area contributed by atoms with E-state index in [-0.39, 0.29) is 30.7 Å². The number of halogens is 3. The molecule has 0 saturated carbocycles. The predicted octanol–water partition coefficient (Wildman–Crippen LogP) is 4.25. The first-order chi connectivity index (χ1) is 13.5. The van der Waals surface area contributed by atoms with E-state index in [1.165, 1.54) is 10.6 Å². The summed E-state index contributed by atoms with van der Waals surface area (Å²) in [6.45, 7) is 0.0125. The maximum absolute atomic E-state index is 12.2. The van der Waals surface area contributed by atoms with Crippen LogP contribution in [-0.2, 0) is 24.7 Å². The quantitative estimate of drug-likeness (QED) is 0.595. The van der Waals surface area contributed by atoms with Crippen LogP contribution in [0, 0.1) is 0 Å². The van der Waals surface area contributed by atoms with Gasteiger partial charge in [0, 0.05) is 5.02 Å². The zero-order valence-electron chi connectivity index (χ0n) is 14.5. The van der Waals surface area contributed by atoms with Gasteiger partial charge in [0.15, 0.2) is 0 Å². The Kier molecular flexibility index (Phi) is 6.80. The molecule has 1 aromatic heterocycles. The lowest BCUT2D eigenvalue weighted by Crippen LogP contribution is -2.34. The first-order valence-corrected chi connectivity index (χ1v) is 9.30. The number of nitrogens with zero attached hydrogens (tertiary/aromatic N) is 1. The Morgan fingerprint density at radius 1 is 0.964 bits per heavy atom. The highest BCUT2D eigenvalue weighted by Gasteiger charge is 2.15. The van der Waals surface area contributed by atoms with Gasteiger partial charge in [0.25, 0.3) is 5.56 Å². The molecule has 0 bridgehead atoms. The minimum Gasteiger partial charge on any atom is -0.486 e. The molecule has 2 aromatic carbocycles. The maximum atomic E-state index is 12.2. The van der Waals surface area contributed by atoms with Crippen molar-refractivity contribution in [3.63, 3.8) is 0 Å². The monoisotopic (exact) mass is 440 g/mol. The highest BCUT2D eigenvalue weighted by atomic mass is 35.5. The van der Waals surface area contributed by atoms with E-state index in [0.29, 0.717) is 15.8 Å². The third-order valence-corrected chi connectivity index (χ3v) is 4.75. The van der Waals surface area contributed by atoms with Crippen LogP contribution in [0.2, 0.25) is 15.1 Å². The molecule has 0 radical (unpaired) electrons. The smallest absolute Gasteiger partial charge is 0.330 e. The number of benzene rings is 2. The highest BCUT2D eigenvalue weighted by Crippen LogP contribution is 2.28. The first kappa shape index (κ1) is 20.5. The SMILES string of the molecule is O=c1[nH]c(=O)n(COCc2ccccc2)c(COc2ccc(Cl)cc2Cl)c1Cl. The number of nitrogens with one attached hydrogen (secondary N) is 1. The van der Waals surface area contributed by atoms with Gasteiger partial charge in [-0.3, -0.25) is 14.3 Å². The van der Waals surface area contributed by atoms with Crippen LogP contribution in [0.25, 0.3) is 0 Å². The van der Waals surface area contributed by atoms with Gasteiger partial charge in [-0.2, -0.15) is 0 Å². The molecule has 0 aliphatic carbocycles. The fraction of sp³-hybridized carbons (Fsp3) is 0.158. The zero-order valence-corrected chi connectivity index (χ0v) is 16.7. The van der Waals surface area contributed by atoms with Gasteiger partial charge in [0.2, 0.25) is 0 Å². The van der Waals surface area contributed by atoms with Crippen molar-refractivity contribution in [2.75, 3.05) is 0 Å². The molecule has 28 heavy (non-hydrogen) atoms. The lowest BCUT2D eigenvalue weighted by Gasteiger charge is -2.15.